The van der Waals surface area contributed by atoms with Crippen LogP contribution in [-0.4, -0.2) is 12.1 Å². The van der Waals surface area contributed by atoms with Crippen LogP contribution in [0.5, 0.6) is 0 Å². The first kappa shape index (κ1) is 10.3. The van der Waals surface area contributed by atoms with Crippen LogP contribution < -0.4 is 11.1 Å². The van der Waals surface area contributed by atoms with E-state index in [1.165, 1.54) is 0 Å². The first-order valence-electron chi connectivity index (χ1n) is 4.60. The molecule has 0 aliphatic carbocycles. The molecule has 13 heavy (non-hydrogen) atoms. The van der Waals surface area contributed by atoms with Crippen molar-refractivity contribution in [2.45, 2.75) is 32.4 Å². The molecule has 0 atom stereocenters. The average Bonchev–Trinajstić information content (AvgIpc) is 2.48. The maximum Gasteiger partial charge on any atom is 0.117 e. The number of furan rings is 1. The van der Waals surface area contributed by atoms with Crippen LogP contribution in [-0.2, 0) is 6.54 Å². The number of hydrogen-bond donors (Lipinski definition) is 2. The summed E-state index contributed by atoms with van der Waals surface area (Å²) in [6.45, 7) is 5.76. The van der Waals surface area contributed by atoms with Gasteiger partial charge in [-0.15, -0.1) is 0 Å². The Morgan fingerprint density at radius 2 is 2.31 bits per heavy atom. The van der Waals surface area contributed by atoms with Crippen LogP contribution in [0.1, 0.15) is 26.0 Å². The van der Waals surface area contributed by atoms with E-state index in [2.05, 4.69) is 5.32 Å². The fraction of sp³-hybridized carbons (Fsp3) is 0.600. The summed E-state index contributed by atoms with van der Waals surface area (Å²) in [4.78, 5) is 0. The summed E-state index contributed by atoms with van der Waals surface area (Å²) in [5.74, 6) is 0.967. The highest BCUT2D eigenvalue weighted by Crippen LogP contribution is 2.02. The van der Waals surface area contributed by atoms with E-state index in [-0.39, 0.29) is 5.54 Å². The van der Waals surface area contributed by atoms with E-state index in [4.69, 9.17) is 10.2 Å². The highest BCUT2D eigenvalue weighted by atomic mass is 16.3. The van der Waals surface area contributed by atoms with Gasteiger partial charge in [0.05, 0.1) is 12.8 Å². The molecule has 0 saturated heterocycles. The molecule has 74 valence electrons. The lowest BCUT2D eigenvalue weighted by Crippen LogP contribution is -2.35. The Kier molecular flexibility index (Phi) is 3.51. The van der Waals surface area contributed by atoms with Crippen molar-refractivity contribution in [3.63, 3.8) is 0 Å². The predicted octanol–water partition coefficient (Wildman–Crippen LogP) is 1.50. The Balaban J connectivity index is 2.09. The molecular formula is C10H18N2O. The Morgan fingerprint density at radius 3 is 2.85 bits per heavy atom. The van der Waals surface area contributed by atoms with Gasteiger partial charge in [0.25, 0.3) is 0 Å². The Hall–Kier alpha value is -0.800. The number of nitrogens with one attached hydrogen (secondary N) is 1. The zero-order chi connectivity index (χ0) is 9.73. The third kappa shape index (κ3) is 4.70. The minimum absolute atomic E-state index is 0.0871. The van der Waals surface area contributed by atoms with Crippen molar-refractivity contribution in [1.82, 2.24) is 5.32 Å². The summed E-state index contributed by atoms with van der Waals surface area (Å²) >= 11 is 0. The maximum atomic E-state index is 5.83. The monoisotopic (exact) mass is 182 g/mol. The lowest BCUT2D eigenvalue weighted by atomic mass is 10.0. The molecule has 0 aromatic carbocycles. The van der Waals surface area contributed by atoms with Crippen molar-refractivity contribution in [2.24, 2.45) is 5.73 Å². The van der Waals surface area contributed by atoms with Crippen molar-refractivity contribution in [3.8, 4) is 0 Å². The molecule has 1 rings (SSSR count). The van der Waals surface area contributed by atoms with E-state index in [0.29, 0.717) is 0 Å². The van der Waals surface area contributed by atoms with Crippen LogP contribution in [0, 0.1) is 0 Å². The third-order valence-corrected chi connectivity index (χ3v) is 1.83. The van der Waals surface area contributed by atoms with Gasteiger partial charge in [-0.05, 0) is 38.9 Å². The summed E-state index contributed by atoms with van der Waals surface area (Å²) in [6.07, 6.45) is 2.65. The molecule has 0 amide bonds. The zero-order valence-corrected chi connectivity index (χ0v) is 8.34. The minimum Gasteiger partial charge on any atom is -0.468 e. The smallest absolute Gasteiger partial charge is 0.117 e. The SMILES string of the molecule is CC(C)(N)CCNCc1ccco1. The number of hydrogen-bond acceptors (Lipinski definition) is 3. The van der Waals surface area contributed by atoms with Gasteiger partial charge in [-0.1, -0.05) is 0 Å². The van der Waals surface area contributed by atoms with Crippen LogP contribution in [0.3, 0.4) is 0 Å². The summed E-state index contributed by atoms with van der Waals surface area (Å²) in [6, 6.07) is 3.85. The first-order chi connectivity index (χ1) is 6.08. The second-order valence-electron chi connectivity index (χ2n) is 3.99. The van der Waals surface area contributed by atoms with Gasteiger partial charge in [-0.2, -0.15) is 0 Å². The van der Waals surface area contributed by atoms with Crippen LogP contribution in [0.2, 0.25) is 0 Å². The van der Waals surface area contributed by atoms with Crippen molar-refractivity contribution >= 4 is 0 Å². The summed E-state index contributed by atoms with van der Waals surface area (Å²) in [5, 5.41) is 3.27. The van der Waals surface area contributed by atoms with Gasteiger partial charge < -0.3 is 15.5 Å². The van der Waals surface area contributed by atoms with Gasteiger partial charge in [-0.25, -0.2) is 0 Å². The quantitative estimate of drug-likeness (QED) is 0.678. The lowest BCUT2D eigenvalue weighted by molar-refractivity contribution is 0.434. The van der Waals surface area contributed by atoms with Crippen LogP contribution >= 0.6 is 0 Å². The normalized spacial score (nSPS) is 11.9. The molecule has 1 aromatic heterocycles. The molecule has 3 nitrogen and oxygen atoms in total. The maximum absolute atomic E-state index is 5.83. The highest BCUT2D eigenvalue weighted by Gasteiger charge is 2.08. The average molecular weight is 182 g/mol. The lowest BCUT2D eigenvalue weighted by Gasteiger charge is -2.17. The summed E-state index contributed by atoms with van der Waals surface area (Å²) < 4.78 is 5.17. The van der Waals surface area contributed by atoms with Crippen LogP contribution in [0.25, 0.3) is 0 Å². The predicted molar refractivity (Wildman–Crippen MR) is 53.3 cm³/mol. The van der Waals surface area contributed by atoms with E-state index in [1.54, 1.807) is 6.26 Å². The van der Waals surface area contributed by atoms with Gasteiger partial charge in [0.2, 0.25) is 0 Å². The molecule has 0 fully saturated rings. The van der Waals surface area contributed by atoms with Crippen LogP contribution in [0.15, 0.2) is 22.8 Å². The zero-order valence-electron chi connectivity index (χ0n) is 8.34. The molecule has 0 bridgehead atoms. The van der Waals surface area contributed by atoms with Gasteiger partial charge in [0.15, 0.2) is 0 Å². The molecule has 0 saturated carbocycles. The molecule has 0 aliphatic rings. The Morgan fingerprint density at radius 1 is 1.54 bits per heavy atom. The van der Waals surface area contributed by atoms with E-state index in [0.717, 1.165) is 25.3 Å². The first-order valence-corrected chi connectivity index (χ1v) is 4.60. The molecule has 1 heterocycles. The molecular weight excluding hydrogens is 164 g/mol. The van der Waals surface area contributed by atoms with Gasteiger partial charge in [0.1, 0.15) is 5.76 Å². The van der Waals surface area contributed by atoms with Crippen molar-refractivity contribution in [2.75, 3.05) is 6.54 Å². The van der Waals surface area contributed by atoms with Gasteiger partial charge in [-0.3, -0.25) is 0 Å². The highest BCUT2D eigenvalue weighted by molar-refractivity contribution is 4.97. The molecule has 0 unspecified atom stereocenters. The van der Waals surface area contributed by atoms with Crippen LogP contribution in [0.4, 0.5) is 0 Å². The molecule has 3 N–H and O–H groups in total. The van der Waals surface area contributed by atoms with Crippen molar-refractivity contribution < 1.29 is 4.42 Å². The van der Waals surface area contributed by atoms with Gasteiger partial charge >= 0.3 is 0 Å². The summed E-state index contributed by atoms with van der Waals surface area (Å²) in [7, 11) is 0. The van der Waals surface area contributed by atoms with Gasteiger partial charge in [0, 0.05) is 5.54 Å². The Labute approximate surface area is 79.3 Å². The topological polar surface area (TPSA) is 51.2 Å². The van der Waals surface area contributed by atoms with Crippen molar-refractivity contribution in [1.29, 1.82) is 0 Å². The summed E-state index contributed by atoms with van der Waals surface area (Å²) in [5.41, 5.74) is 5.74. The molecule has 0 aliphatic heterocycles. The van der Waals surface area contributed by atoms with E-state index >= 15 is 0 Å². The molecule has 3 heteroatoms. The standard InChI is InChI=1S/C10H18N2O/c1-10(2,11)5-6-12-8-9-4-3-7-13-9/h3-4,7,12H,5-6,8,11H2,1-2H3. The molecule has 1 aromatic rings. The minimum atomic E-state index is -0.0871. The largest absolute Gasteiger partial charge is 0.468 e. The fourth-order valence-electron chi connectivity index (χ4n) is 1.04. The number of rotatable bonds is 5. The van der Waals surface area contributed by atoms with E-state index < -0.39 is 0 Å². The van der Waals surface area contributed by atoms with E-state index in [9.17, 15) is 0 Å². The molecule has 0 radical (unpaired) electrons. The van der Waals surface area contributed by atoms with E-state index in [1.807, 2.05) is 26.0 Å². The number of nitrogens with two attached hydrogens (primary N) is 1. The fourth-order valence-corrected chi connectivity index (χ4v) is 1.04. The second-order valence-corrected chi connectivity index (χ2v) is 3.99. The second kappa shape index (κ2) is 4.44. The third-order valence-electron chi connectivity index (χ3n) is 1.83. The molecule has 0 spiro atoms. The van der Waals surface area contributed by atoms with Crippen molar-refractivity contribution in [3.05, 3.63) is 24.2 Å². The Bertz CT molecular complexity index is 224.